The van der Waals surface area contributed by atoms with Gasteiger partial charge in [0.1, 0.15) is 11.6 Å². The first-order valence-electron chi connectivity index (χ1n) is 7.45. The number of rotatable bonds is 3. The molecule has 21 heavy (non-hydrogen) atoms. The molecule has 1 aromatic heterocycles. The van der Waals surface area contributed by atoms with E-state index >= 15 is 0 Å². The molecule has 0 atom stereocenters. The van der Waals surface area contributed by atoms with Crippen LogP contribution < -0.4 is 5.73 Å². The van der Waals surface area contributed by atoms with Crippen LogP contribution in [0.3, 0.4) is 0 Å². The van der Waals surface area contributed by atoms with Crippen molar-refractivity contribution in [1.82, 2.24) is 15.0 Å². The Hall–Kier alpha value is -1.49. The van der Waals surface area contributed by atoms with Crippen LogP contribution in [0.2, 0.25) is 0 Å². The average molecular weight is 347 g/mol. The minimum atomic E-state index is 0.345. The Labute approximate surface area is 133 Å². The third-order valence-electron chi connectivity index (χ3n) is 3.96. The molecule has 3 rings (SSSR count). The van der Waals surface area contributed by atoms with Crippen molar-refractivity contribution in [3.63, 3.8) is 0 Å². The molecule has 0 saturated heterocycles. The van der Waals surface area contributed by atoms with Gasteiger partial charge in [0.25, 0.3) is 0 Å². The first-order valence-corrected chi connectivity index (χ1v) is 8.25. The molecule has 1 saturated carbocycles. The Kier molecular flexibility index (Phi) is 4.48. The lowest BCUT2D eigenvalue weighted by molar-refractivity contribution is 0.427. The van der Waals surface area contributed by atoms with Gasteiger partial charge in [0.05, 0.1) is 0 Å². The van der Waals surface area contributed by atoms with E-state index in [1.165, 1.54) is 37.7 Å². The highest BCUT2D eigenvalue weighted by atomic mass is 79.9. The summed E-state index contributed by atoms with van der Waals surface area (Å²) in [5.74, 6) is 2.45. The summed E-state index contributed by atoms with van der Waals surface area (Å²) in [6, 6.07) is 8.21. The molecular formula is C16H19BrN4. The van der Waals surface area contributed by atoms with Gasteiger partial charge in [-0.2, -0.15) is 9.97 Å². The van der Waals surface area contributed by atoms with Crippen molar-refractivity contribution in [3.8, 4) is 0 Å². The Morgan fingerprint density at radius 3 is 2.43 bits per heavy atom. The lowest BCUT2D eigenvalue weighted by atomic mass is 9.89. The molecule has 0 spiro atoms. The van der Waals surface area contributed by atoms with E-state index in [9.17, 15) is 0 Å². The number of anilines is 1. The Bertz CT molecular complexity index is 606. The SMILES string of the molecule is Nc1nc(Cc2ccc(Br)cc2)nc(C2CCCCC2)n1. The number of nitrogen functional groups attached to an aromatic ring is 1. The summed E-state index contributed by atoms with van der Waals surface area (Å²) in [6.07, 6.45) is 6.88. The van der Waals surface area contributed by atoms with Gasteiger partial charge in [-0.15, -0.1) is 0 Å². The summed E-state index contributed by atoms with van der Waals surface area (Å²) in [5.41, 5.74) is 7.05. The van der Waals surface area contributed by atoms with Gasteiger partial charge in [-0.25, -0.2) is 4.98 Å². The number of hydrogen-bond donors (Lipinski definition) is 1. The molecule has 5 heteroatoms. The minimum absolute atomic E-state index is 0.345. The largest absolute Gasteiger partial charge is 0.368 e. The van der Waals surface area contributed by atoms with Gasteiger partial charge >= 0.3 is 0 Å². The summed E-state index contributed by atoms with van der Waals surface area (Å²) in [6.45, 7) is 0. The molecule has 1 fully saturated rings. The van der Waals surface area contributed by atoms with Gasteiger partial charge in [-0.3, -0.25) is 0 Å². The van der Waals surface area contributed by atoms with Crippen molar-refractivity contribution in [2.45, 2.75) is 44.4 Å². The van der Waals surface area contributed by atoms with E-state index in [0.717, 1.165) is 16.1 Å². The highest BCUT2D eigenvalue weighted by molar-refractivity contribution is 9.10. The van der Waals surface area contributed by atoms with Crippen molar-refractivity contribution in [3.05, 3.63) is 46.0 Å². The molecular weight excluding hydrogens is 328 g/mol. The number of benzene rings is 1. The van der Waals surface area contributed by atoms with Crippen molar-refractivity contribution < 1.29 is 0 Å². The second-order valence-electron chi connectivity index (χ2n) is 5.61. The molecule has 2 aromatic rings. The van der Waals surface area contributed by atoms with E-state index in [0.29, 0.717) is 18.3 Å². The predicted octanol–water partition coefficient (Wildman–Crippen LogP) is 3.85. The first kappa shape index (κ1) is 14.4. The average Bonchev–Trinajstić information content (AvgIpc) is 2.50. The number of halogens is 1. The quantitative estimate of drug-likeness (QED) is 0.916. The lowest BCUT2D eigenvalue weighted by Gasteiger charge is -2.20. The fourth-order valence-corrected chi connectivity index (χ4v) is 3.13. The number of hydrogen-bond acceptors (Lipinski definition) is 4. The number of aromatic nitrogens is 3. The van der Waals surface area contributed by atoms with Crippen molar-refractivity contribution in [2.75, 3.05) is 5.73 Å². The molecule has 1 heterocycles. The minimum Gasteiger partial charge on any atom is -0.368 e. The van der Waals surface area contributed by atoms with Gasteiger partial charge < -0.3 is 5.73 Å². The third-order valence-corrected chi connectivity index (χ3v) is 4.49. The molecule has 0 aliphatic heterocycles. The maximum Gasteiger partial charge on any atom is 0.223 e. The molecule has 0 bridgehead atoms. The van der Waals surface area contributed by atoms with Gasteiger partial charge in [0.2, 0.25) is 5.95 Å². The molecule has 0 radical (unpaired) electrons. The van der Waals surface area contributed by atoms with Crippen LogP contribution in [0.5, 0.6) is 0 Å². The third kappa shape index (κ3) is 3.79. The van der Waals surface area contributed by atoms with Crippen molar-refractivity contribution in [1.29, 1.82) is 0 Å². The van der Waals surface area contributed by atoms with Crippen LogP contribution in [0.4, 0.5) is 5.95 Å². The summed E-state index contributed by atoms with van der Waals surface area (Å²) in [4.78, 5) is 13.3. The fraction of sp³-hybridized carbons (Fsp3) is 0.438. The standard InChI is InChI=1S/C16H19BrN4/c17-13-8-6-11(7-9-13)10-14-19-15(21-16(18)20-14)12-4-2-1-3-5-12/h6-9,12H,1-5,10H2,(H2,18,19,20,21). The zero-order chi connectivity index (χ0) is 14.7. The van der Waals surface area contributed by atoms with E-state index in [1.54, 1.807) is 0 Å². The molecule has 2 N–H and O–H groups in total. The number of nitrogens with two attached hydrogens (primary N) is 1. The highest BCUT2D eigenvalue weighted by Gasteiger charge is 2.19. The maximum atomic E-state index is 5.87. The molecule has 0 amide bonds. The van der Waals surface area contributed by atoms with E-state index in [2.05, 4.69) is 43.0 Å². The summed E-state index contributed by atoms with van der Waals surface area (Å²) >= 11 is 3.44. The normalized spacial score (nSPS) is 16.0. The second kappa shape index (κ2) is 6.52. The fourth-order valence-electron chi connectivity index (χ4n) is 2.86. The number of nitrogens with zero attached hydrogens (tertiary/aromatic N) is 3. The van der Waals surface area contributed by atoms with Gasteiger partial charge in [-0.1, -0.05) is 47.3 Å². The topological polar surface area (TPSA) is 64.7 Å². The van der Waals surface area contributed by atoms with Crippen LogP contribution in [0, 0.1) is 0 Å². The first-order chi connectivity index (χ1) is 10.2. The van der Waals surface area contributed by atoms with E-state index < -0.39 is 0 Å². The zero-order valence-electron chi connectivity index (χ0n) is 11.9. The van der Waals surface area contributed by atoms with E-state index in [1.807, 2.05) is 12.1 Å². The van der Waals surface area contributed by atoms with Crippen LogP contribution in [-0.2, 0) is 6.42 Å². The summed E-state index contributed by atoms with van der Waals surface area (Å²) in [5, 5.41) is 0. The molecule has 1 aromatic carbocycles. The molecule has 1 aliphatic carbocycles. The van der Waals surface area contributed by atoms with Crippen LogP contribution >= 0.6 is 15.9 Å². The van der Waals surface area contributed by atoms with Gasteiger partial charge in [0, 0.05) is 16.8 Å². The monoisotopic (exact) mass is 346 g/mol. The van der Waals surface area contributed by atoms with Crippen molar-refractivity contribution >= 4 is 21.9 Å². The summed E-state index contributed by atoms with van der Waals surface area (Å²) < 4.78 is 1.07. The Morgan fingerprint density at radius 1 is 1.00 bits per heavy atom. The molecule has 110 valence electrons. The zero-order valence-corrected chi connectivity index (χ0v) is 13.5. The predicted molar refractivity (Wildman–Crippen MR) is 87.0 cm³/mol. The van der Waals surface area contributed by atoms with E-state index in [-0.39, 0.29) is 0 Å². The highest BCUT2D eigenvalue weighted by Crippen LogP contribution is 2.30. The summed E-state index contributed by atoms with van der Waals surface area (Å²) in [7, 11) is 0. The van der Waals surface area contributed by atoms with Crippen LogP contribution in [0.1, 0.15) is 55.2 Å². The smallest absolute Gasteiger partial charge is 0.223 e. The van der Waals surface area contributed by atoms with Crippen LogP contribution in [-0.4, -0.2) is 15.0 Å². The molecule has 4 nitrogen and oxygen atoms in total. The van der Waals surface area contributed by atoms with Gasteiger partial charge in [0.15, 0.2) is 0 Å². The lowest BCUT2D eigenvalue weighted by Crippen LogP contribution is -2.13. The van der Waals surface area contributed by atoms with Crippen LogP contribution in [0.15, 0.2) is 28.7 Å². The maximum absolute atomic E-state index is 5.87. The molecule has 1 aliphatic rings. The second-order valence-corrected chi connectivity index (χ2v) is 6.52. The Morgan fingerprint density at radius 2 is 1.71 bits per heavy atom. The van der Waals surface area contributed by atoms with Crippen LogP contribution in [0.25, 0.3) is 0 Å². The molecule has 0 unspecified atom stereocenters. The van der Waals surface area contributed by atoms with Crippen molar-refractivity contribution in [2.24, 2.45) is 0 Å². The Balaban J connectivity index is 1.81. The van der Waals surface area contributed by atoms with Gasteiger partial charge in [-0.05, 0) is 30.5 Å². The van der Waals surface area contributed by atoms with E-state index in [4.69, 9.17) is 5.73 Å².